The third kappa shape index (κ3) is 4.27. The second-order valence-corrected chi connectivity index (χ2v) is 7.71. The lowest BCUT2D eigenvalue weighted by Crippen LogP contribution is -2.48. The van der Waals surface area contributed by atoms with E-state index in [2.05, 4.69) is 0 Å². The van der Waals surface area contributed by atoms with Crippen LogP contribution in [0.15, 0.2) is 54.7 Å². The molecule has 0 unspecified atom stereocenters. The fourth-order valence-corrected chi connectivity index (χ4v) is 3.96. The van der Waals surface area contributed by atoms with Crippen LogP contribution in [0.5, 0.6) is 11.5 Å². The van der Waals surface area contributed by atoms with Crippen molar-refractivity contribution in [3.63, 3.8) is 0 Å². The Morgan fingerprint density at radius 2 is 1.74 bits per heavy atom. The molecule has 7 heteroatoms. The average molecular weight is 421 g/mol. The van der Waals surface area contributed by atoms with E-state index in [4.69, 9.17) is 19.3 Å². The van der Waals surface area contributed by atoms with Gasteiger partial charge in [-0.25, -0.2) is 4.68 Å². The van der Waals surface area contributed by atoms with Gasteiger partial charge < -0.3 is 19.1 Å². The molecule has 0 bridgehead atoms. The van der Waals surface area contributed by atoms with Gasteiger partial charge in [0.25, 0.3) is 5.91 Å². The number of carbonyl (C=O) groups is 1. The minimum absolute atomic E-state index is 0.0216. The summed E-state index contributed by atoms with van der Waals surface area (Å²) in [6, 6.07) is 15.2. The summed E-state index contributed by atoms with van der Waals surface area (Å²) in [5.41, 5.74) is 2.63. The summed E-state index contributed by atoms with van der Waals surface area (Å²) in [6.07, 6.45) is 1.75. The van der Waals surface area contributed by atoms with Crippen molar-refractivity contribution < 1.29 is 19.0 Å². The first-order chi connectivity index (χ1) is 15.0. The molecule has 3 aromatic rings. The number of ether oxygens (including phenoxy) is 3. The minimum atomic E-state index is -0.0796. The molecule has 1 aliphatic rings. The molecular weight excluding hydrogens is 394 g/mol. The smallest absolute Gasteiger partial charge is 0.257 e. The van der Waals surface area contributed by atoms with Crippen LogP contribution in [0.1, 0.15) is 24.2 Å². The quantitative estimate of drug-likeness (QED) is 0.627. The number of para-hydroxylation sites is 1. The lowest BCUT2D eigenvalue weighted by molar-refractivity contribution is -0.0586. The van der Waals surface area contributed by atoms with Crippen LogP contribution in [-0.2, 0) is 4.74 Å². The molecule has 1 aliphatic heterocycles. The standard InChI is InChI=1S/C24H27N3O4/c1-16-13-26(14-17(2)31-16)24(28)21-15-27(18-8-6-5-7-9-18)25-23(21)20-12-19(29-3)10-11-22(20)30-4/h5-12,15-17H,13-14H2,1-4H3/t16-,17+. The lowest BCUT2D eigenvalue weighted by Gasteiger charge is -2.35. The molecule has 1 amide bonds. The molecule has 2 aromatic carbocycles. The Morgan fingerprint density at radius 3 is 2.39 bits per heavy atom. The van der Waals surface area contributed by atoms with E-state index < -0.39 is 0 Å². The number of aromatic nitrogens is 2. The predicted molar refractivity (Wildman–Crippen MR) is 118 cm³/mol. The third-order valence-corrected chi connectivity index (χ3v) is 5.33. The van der Waals surface area contributed by atoms with Crippen molar-refractivity contribution in [3.05, 3.63) is 60.3 Å². The monoisotopic (exact) mass is 421 g/mol. The Labute approximate surface area is 182 Å². The molecule has 0 N–H and O–H groups in total. The van der Waals surface area contributed by atoms with E-state index >= 15 is 0 Å². The fraction of sp³-hybridized carbons (Fsp3) is 0.333. The number of morpholine rings is 1. The van der Waals surface area contributed by atoms with Crippen LogP contribution < -0.4 is 9.47 Å². The van der Waals surface area contributed by atoms with Gasteiger partial charge in [-0.1, -0.05) is 18.2 Å². The zero-order valence-electron chi connectivity index (χ0n) is 18.2. The molecule has 31 heavy (non-hydrogen) atoms. The van der Waals surface area contributed by atoms with Gasteiger partial charge >= 0.3 is 0 Å². The molecule has 1 aromatic heterocycles. The van der Waals surface area contributed by atoms with Crippen molar-refractivity contribution in [1.82, 2.24) is 14.7 Å². The predicted octanol–water partition coefficient (Wildman–Crippen LogP) is 3.81. The number of rotatable bonds is 5. The molecule has 7 nitrogen and oxygen atoms in total. The summed E-state index contributed by atoms with van der Waals surface area (Å²) in [5.74, 6) is 1.21. The van der Waals surface area contributed by atoms with Gasteiger partial charge in [-0.3, -0.25) is 4.79 Å². The maximum Gasteiger partial charge on any atom is 0.257 e. The maximum absolute atomic E-state index is 13.6. The van der Waals surface area contributed by atoms with Gasteiger partial charge in [0.15, 0.2) is 0 Å². The highest BCUT2D eigenvalue weighted by molar-refractivity contribution is 6.00. The molecule has 0 saturated carbocycles. The van der Waals surface area contributed by atoms with Crippen molar-refractivity contribution >= 4 is 5.91 Å². The Balaban J connectivity index is 1.84. The van der Waals surface area contributed by atoms with E-state index in [1.807, 2.05) is 67.3 Å². The van der Waals surface area contributed by atoms with Crippen LogP contribution in [0.4, 0.5) is 0 Å². The molecule has 2 heterocycles. The molecule has 1 saturated heterocycles. The SMILES string of the molecule is COc1ccc(OC)c(-c2nn(-c3ccccc3)cc2C(=O)N2C[C@@H](C)O[C@@H](C)C2)c1. The fourth-order valence-electron chi connectivity index (χ4n) is 3.96. The summed E-state index contributed by atoms with van der Waals surface area (Å²) in [4.78, 5) is 15.5. The van der Waals surface area contributed by atoms with E-state index in [-0.39, 0.29) is 18.1 Å². The van der Waals surface area contributed by atoms with E-state index in [9.17, 15) is 4.79 Å². The average Bonchev–Trinajstić information content (AvgIpc) is 3.23. The molecule has 2 atom stereocenters. The number of amides is 1. The van der Waals surface area contributed by atoms with Crippen molar-refractivity contribution in [2.75, 3.05) is 27.3 Å². The van der Waals surface area contributed by atoms with E-state index in [0.717, 1.165) is 5.69 Å². The number of methoxy groups -OCH3 is 2. The summed E-state index contributed by atoms with van der Waals surface area (Å²) >= 11 is 0. The summed E-state index contributed by atoms with van der Waals surface area (Å²) in [6.45, 7) is 5.04. The molecule has 0 aliphatic carbocycles. The Hall–Kier alpha value is -3.32. The highest BCUT2D eigenvalue weighted by Crippen LogP contribution is 2.35. The second kappa shape index (κ2) is 8.81. The zero-order chi connectivity index (χ0) is 22.0. The number of nitrogens with zero attached hydrogens (tertiary/aromatic N) is 3. The van der Waals surface area contributed by atoms with Crippen molar-refractivity contribution in [3.8, 4) is 28.4 Å². The van der Waals surface area contributed by atoms with Gasteiger partial charge in [0.1, 0.15) is 17.2 Å². The van der Waals surface area contributed by atoms with Crippen LogP contribution >= 0.6 is 0 Å². The van der Waals surface area contributed by atoms with E-state index in [1.54, 1.807) is 25.1 Å². The van der Waals surface area contributed by atoms with Crippen LogP contribution in [-0.4, -0.2) is 60.1 Å². The first-order valence-electron chi connectivity index (χ1n) is 10.3. The molecule has 0 spiro atoms. The van der Waals surface area contributed by atoms with Crippen LogP contribution in [0.2, 0.25) is 0 Å². The highest BCUT2D eigenvalue weighted by atomic mass is 16.5. The molecule has 162 valence electrons. The zero-order valence-corrected chi connectivity index (χ0v) is 18.2. The Kier molecular flexibility index (Phi) is 5.95. The summed E-state index contributed by atoms with van der Waals surface area (Å²) in [7, 11) is 3.21. The number of hydrogen-bond donors (Lipinski definition) is 0. The number of benzene rings is 2. The minimum Gasteiger partial charge on any atom is -0.497 e. The molecular formula is C24H27N3O4. The molecule has 4 rings (SSSR count). The topological polar surface area (TPSA) is 65.8 Å². The number of hydrogen-bond acceptors (Lipinski definition) is 5. The van der Waals surface area contributed by atoms with Crippen molar-refractivity contribution in [1.29, 1.82) is 0 Å². The van der Waals surface area contributed by atoms with Gasteiger partial charge in [-0.05, 0) is 44.2 Å². The second-order valence-electron chi connectivity index (χ2n) is 7.71. The third-order valence-electron chi connectivity index (χ3n) is 5.33. The van der Waals surface area contributed by atoms with Crippen LogP contribution in [0, 0.1) is 0 Å². The maximum atomic E-state index is 13.6. The van der Waals surface area contributed by atoms with Crippen LogP contribution in [0.25, 0.3) is 16.9 Å². The summed E-state index contributed by atoms with van der Waals surface area (Å²) < 4.78 is 18.5. The van der Waals surface area contributed by atoms with E-state index in [1.165, 1.54) is 0 Å². The largest absolute Gasteiger partial charge is 0.497 e. The van der Waals surface area contributed by atoms with Crippen molar-refractivity contribution in [2.24, 2.45) is 0 Å². The summed E-state index contributed by atoms with van der Waals surface area (Å²) in [5, 5.41) is 4.79. The van der Waals surface area contributed by atoms with Gasteiger partial charge in [0.2, 0.25) is 0 Å². The van der Waals surface area contributed by atoms with Gasteiger partial charge in [-0.15, -0.1) is 0 Å². The number of carbonyl (C=O) groups excluding carboxylic acids is 1. The van der Waals surface area contributed by atoms with Crippen LogP contribution in [0.3, 0.4) is 0 Å². The van der Waals surface area contributed by atoms with Crippen molar-refractivity contribution in [2.45, 2.75) is 26.1 Å². The molecule has 1 fully saturated rings. The molecule has 0 radical (unpaired) electrons. The Morgan fingerprint density at radius 1 is 1.03 bits per heavy atom. The highest BCUT2D eigenvalue weighted by Gasteiger charge is 2.30. The van der Waals surface area contributed by atoms with Gasteiger partial charge in [0, 0.05) is 24.8 Å². The lowest BCUT2D eigenvalue weighted by atomic mass is 10.0. The van der Waals surface area contributed by atoms with E-state index in [0.29, 0.717) is 41.4 Å². The normalized spacial score (nSPS) is 18.6. The van der Waals surface area contributed by atoms with Gasteiger partial charge in [0.05, 0.1) is 37.7 Å². The Bertz CT molecular complexity index is 1050. The first-order valence-corrected chi connectivity index (χ1v) is 10.3. The van der Waals surface area contributed by atoms with Gasteiger partial charge in [-0.2, -0.15) is 5.10 Å². The first kappa shape index (κ1) is 20.9.